The van der Waals surface area contributed by atoms with E-state index < -0.39 is 5.41 Å². The highest BCUT2D eigenvalue weighted by Gasteiger charge is 2.31. The van der Waals surface area contributed by atoms with Gasteiger partial charge in [0.05, 0.1) is 31.8 Å². The number of benzene rings is 2. The van der Waals surface area contributed by atoms with Crippen LogP contribution in [0.15, 0.2) is 54.6 Å². The second-order valence-electron chi connectivity index (χ2n) is 7.64. The molecule has 0 unspecified atom stereocenters. The summed E-state index contributed by atoms with van der Waals surface area (Å²) in [4.78, 5) is 15.4. The van der Waals surface area contributed by atoms with Crippen molar-refractivity contribution in [1.82, 2.24) is 10.2 Å². The number of ether oxygens (including phenoxy) is 2. The molecule has 2 aromatic rings. The van der Waals surface area contributed by atoms with E-state index in [4.69, 9.17) is 9.47 Å². The number of rotatable bonds is 7. The zero-order valence-electron chi connectivity index (χ0n) is 17.0. The minimum absolute atomic E-state index is 0.0328. The molecule has 0 radical (unpaired) electrons. The molecule has 1 atom stereocenters. The number of methoxy groups -OCH3 is 1. The van der Waals surface area contributed by atoms with E-state index in [1.54, 1.807) is 7.11 Å². The lowest BCUT2D eigenvalue weighted by atomic mass is 9.83. The number of hydrogen-bond donors (Lipinski definition) is 1. The maximum absolute atomic E-state index is 13.0. The smallest absolute Gasteiger partial charge is 0.230 e. The predicted octanol–water partition coefficient (Wildman–Crippen LogP) is 3.16. The number of morpholine rings is 1. The van der Waals surface area contributed by atoms with Gasteiger partial charge in [-0.25, -0.2) is 0 Å². The molecular formula is C23H30N2O3. The summed E-state index contributed by atoms with van der Waals surface area (Å²) < 4.78 is 10.8. The highest BCUT2D eigenvalue weighted by atomic mass is 16.5. The van der Waals surface area contributed by atoms with Crippen LogP contribution in [-0.4, -0.2) is 50.8 Å². The fraction of sp³-hybridized carbons (Fsp3) is 0.435. The molecule has 1 amide bonds. The molecule has 0 bridgehead atoms. The first-order chi connectivity index (χ1) is 13.5. The van der Waals surface area contributed by atoms with Gasteiger partial charge in [0, 0.05) is 19.6 Å². The van der Waals surface area contributed by atoms with E-state index in [2.05, 4.69) is 22.3 Å². The molecular weight excluding hydrogens is 352 g/mol. The number of carbonyl (C=O) groups excluding carboxylic acids is 1. The van der Waals surface area contributed by atoms with Crippen LogP contribution >= 0.6 is 0 Å². The van der Waals surface area contributed by atoms with Gasteiger partial charge in [-0.2, -0.15) is 0 Å². The number of hydrogen-bond acceptors (Lipinski definition) is 4. The molecule has 0 saturated carbocycles. The van der Waals surface area contributed by atoms with Crippen molar-refractivity contribution in [2.24, 2.45) is 0 Å². The van der Waals surface area contributed by atoms with Crippen molar-refractivity contribution in [2.45, 2.75) is 25.3 Å². The monoisotopic (exact) mass is 382 g/mol. The Labute approximate surface area is 167 Å². The molecule has 1 aliphatic rings. The molecule has 1 saturated heterocycles. The van der Waals surface area contributed by atoms with Crippen molar-refractivity contribution >= 4 is 5.91 Å². The second-order valence-corrected chi connectivity index (χ2v) is 7.64. The summed E-state index contributed by atoms with van der Waals surface area (Å²) in [5.41, 5.74) is 1.59. The minimum Gasteiger partial charge on any atom is -0.497 e. The Morgan fingerprint density at radius 1 is 1.11 bits per heavy atom. The van der Waals surface area contributed by atoms with Crippen LogP contribution in [0.4, 0.5) is 0 Å². The van der Waals surface area contributed by atoms with E-state index in [1.165, 1.54) is 5.56 Å². The van der Waals surface area contributed by atoms with Crippen LogP contribution in [0.2, 0.25) is 0 Å². The van der Waals surface area contributed by atoms with Gasteiger partial charge >= 0.3 is 0 Å². The van der Waals surface area contributed by atoms with E-state index in [9.17, 15) is 4.79 Å². The van der Waals surface area contributed by atoms with Gasteiger partial charge in [-0.3, -0.25) is 9.69 Å². The van der Waals surface area contributed by atoms with Gasteiger partial charge in [0.25, 0.3) is 0 Å². The molecule has 1 aliphatic heterocycles. The van der Waals surface area contributed by atoms with Crippen LogP contribution in [0.1, 0.15) is 31.0 Å². The van der Waals surface area contributed by atoms with E-state index in [0.717, 1.165) is 37.6 Å². The molecule has 1 heterocycles. The van der Waals surface area contributed by atoms with E-state index in [1.807, 2.05) is 56.3 Å². The molecule has 5 heteroatoms. The van der Waals surface area contributed by atoms with E-state index >= 15 is 0 Å². The van der Waals surface area contributed by atoms with Crippen LogP contribution < -0.4 is 10.1 Å². The normalized spacial score (nSPS) is 16.4. The van der Waals surface area contributed by atoms with Gasteiger partial charge in [-0.1, -0.05) is 42.5 Å². The molecule has 2 aromatic carbocycles. The summed E-state index contributed by atoms with van der Waals surface area (Å²) in [6, 6.07) is 18.1. The molecule has 1 N–H and O–H groups in total. The standard InChI is InChI=1S/C23H30N2O3/c1-23(2,19-7-5-4-6-8-19)22(26)24-17-21(25-13-15-28-16-14-25)18-9-11-20(27-3)12-10-18/h4-12,21H,13-17H2,1-3H3,(H,24,26)/t21-/m1/s1. The van der Waals surface area contributed by atoms with Crippen molar-refractivity contribution in [1.29, 1.82) is 0 Å². The van der Waals surface area contributed by atoms with Crippen LogP contribution in [0.5, 0.6) is 5.75 Å². The summed E-state index contributed by atoms with van der Waals surface area (Å²) in [6.07, 6.45) is 0. The van der Waals surface area contributed by atoms with Crippen molar-refractivity contribution in [3.05, 3.63) is 65.7 Å². The number of nitrogens with one attached hydrogen (secondary N) is 1. The largest absolute Gasteiger partial charge is 0.497 e. The molecule has 0 aromatic heterocycles. The molecule has 5 nitrogen and oxygen atoms in total. The molecule has 3 rings (SSSR count). The van der Waals surface area contributed by atoms with Crippen molar-refractivity contribution < 1.29 is 14.3 Å². The fourth-order valence-electron chi connectivity index (χ4n) is 3.57. The summed E-state index contributed by atoms with van der Waals surface area (Å²) in [5, 5.41) is 3.19. The number of amides is 1. The third-order valence-electron chi connectivity index (χ3n) is 5.51. The Morgan fingerprint density at radius 3 is 2.36 bits per heavy atom. The van der Waals surface area contributed by atoms with Gasteiger partial charge in [-0.05, 0) is 37.1 Å². The maximum Gasteiger partial charge on any atom is 0.230 e. The number of nitrogens with zero attached hydrogens (tertiary/aromatic N) is 1. The van der Waals surface area contributed by atoms with Gasteiger partial charge < -0.3 is 14.8 Å². The predicted molar refractivity (Wildman–Crippen MR) is 111 cm³/mol. The molecule has 0 spiro atoms. The highest BCUT2D eigenvalue weighted by molar-refractivity contribution is 5.87. The van der Waals surface area contributed by atoms with Crippen LogP contribution in [-0.2, 0) is 14.9 Å². The second kappa shape index (κ2) is 9.22. The Kier molecular flexibility index (Phi) is 6.70. The fourth-order valence-corrected chi connectivity index (χ4v) is 3.57. The van der Waals surface area contributed by atoms with Gasteiger partial charge in [0.15, 0.2) is 0 Å². The zero-order valence-corrected chi connectivity index (χ0v) is 17.0. The average molecular weight is 383 g/mol. The van der Waals surface area contributed by atoms with Crippen LogP contribution in [0.25, 0.3) is 0 Å². The SMILES string of the molecule is COc1ccc([C@@H](CNC(=O)C(C)(C)c2ccccc2)N2CCOCC2)cc1. The summed E-state index contributed by atoms with van der Waals surface area (Å²) in [6.45, 7) is 7.64. The van der Waals surface area contributed by atoms with Crippen molar-refractivity contribution in [3.8, 4) is 5.75 Å². The third-order valence-corrected chi connectivity index (χ3v) is 5.51. The zero-order chi connectivity index (χ0) is 20.0. The molecule has 0 aliphatic carbocycles. The average Bonchev–Trinajstić information content (AvgIpc) is 2.75. The Balaban J connectivity index is 1.74. The van der Waals surface area contributed by atoms with Crippen molar-refractivity contribution in [3.63, 3.8) is 0 Å². The quantitative estimate of drug-likeness (QED) is 0.799. The topological polar surface area (TPSA) is 50.8 Å². The van der Waals surface area contributed by atoms with Crippen LogP contribution in [0, 0.1) is 0 Å². The lowest BCUT2D eigenvalue weighted by molar-refractivity contribution is -0.126. The van der Waals surface area contributed by atoms with E-state index in [0.29, 0.717) is 6.54 Å². The van der Waals surface area contributed by atoms with Gasteiger partial charge in [0.2, 0.25) is 5.91 Å². The first kappa shape index (κ1) is 20.4. The Morgan fingerprint density at radius 2 is 1.75 bits per heavy atom. The Bertz CT molecular complexity index is 753. The first-order valence-electron chi connectivity index (χ1n) is 9.82. The third kappa shape index (κ3) is 4.72. The summed E-state index contributed by atoms with van der Waals surface area (Å²) in [5.74, 6) is 0.865. The van der Waals surface area contributed by atoms with Gasteiger partial charge in [0.1, 0.15) is 5.75 Å². The first-order valence-corrected chi connectivity index (χ1v) is 9.82. The number of carbonyl (C=O) groups is 1. The summed E-state index contributed by atoms with van der Waals surface area (Å²) in [7, 11) is 1.67. The molecule has 150 valence electrons. The summed E-state index contributed by atoms with van der Waals surface area (Å²) >= 11 is 0. The Hall–Kier alpha value is -2.37. The van der Waals surface area contributed by atoms with Crippen LogP contribution in [0.3, 0.4) is 0 Å². The minimum atomic E-state index is -0.587. The lowest BCUT2D eigenvalue weighted by Gasteiger charge is -2.35. The maximum atomic E-state index is 13.0. The lowest BCUT2D eigenvalue weighted by Crippen LogP contribution is -2.47. The van der Waals surface area contributed by atoms with Gasteiger partial charge in [-0.15, -0.1) is 0 Å². The molecule has 28 heavy (non-hydrogen) atoms. The van der Waals surface area contributed by atoms with Crippen molar-refractivity contribution in [2.75, 3.05) is 40.0 Å². The molecule has 1 fully saturated rings. The highest BCUT2D eigenvalue weighted by Crippen LogP contribution is 2.26. The van der Waals surface area contributed by atoms with E-state index in [-0.39, 0.29) is 11.9 Å².